The van der Waals surface area contributed by atoms with Crippen LogP contribution in [0.5, 0.6) is 0 Å². The van der Waals surface area contributed by atoms with Crippen molar-refractivity contribution in [2.75, 3.05) is 52.4 Å². The minimum absolute atomic E-state index is 0. The Kier molecular flexibility index (Phi) is 14.9. The lowest BCUT2D eigenvalue weighted by Gasteiger charge is -2.38. The molecule has 2 nitrogen and oxygen atoms in total. The van der Waals surface area contributed by atoms with E-state index in [0.717, 1.165) is 57.4 Å². The van der Waals surface area contributed by atoms with E-state index in [4.69, 9.17) is 0 Å². The Bertz CT molecular complexity index is 1420. The average molecular weight is 711 g/mol. The van der Waals surface area contributed by atoms with Gasteiger partial charge in [0.15, 0.2) is 0 Å². The fraction of sp³-hybridized carbons (Fsp3) is 0.350. The number of hydrogen-bond donors (Lipinski definition) is 0. The molecule has 2 saturated heterocycles. The molecule has 0 saturated carbocycles. The van der Waals surface area contributed by atoms with Crippen molar-refractivity contribution < 1.29 is 42.9 Å². The largest absolute Gasteiger partial charge is 1.00 e. The molecule has 3 aromatic carbocycles. The standard InChI is InChI=1S/C40H42N2.2BrH/c1-5-17-37(18-6-1)21-13-33-41(29-9-3-10-30-41)35-15-23-39-25-27-40(28-26-39)24-16-36-42(31-11-4-12-32-42)34-14-22-38-19-7-2-8-20-38;;/h1-2,5-8,17-20,25-28H,3-4,9-12,29-36H2;2*1H/q+2;;/p-2. The van der Waals surface area contributed by atoms with Gasteiger partial charge < -0.3 is 42.9 Å². The van der Waals surface area contributed by atoms with Gasteiger partial charge in [-0.3, -0.25) is 0 Å². The Morgan fingerprint density at radius 3 is 0.932 bits per heavy atom. The zero-order chi connectivity index (χ0) is 28.8. The normalized spacial score (nSPS) is 15.8. The molecule has 3 aromatic rings. The Labute approximate surface area is 287 Å². The van der Waals surface area contributed by atoms with Gasteiger partial charge >= 0.3 is 0 Å². The van der Waals surface area contributed by atoms with Crippen LogP contribution in [-0.2, 0) is 0 Å². The molecule has 5 rings (SSSR count). The number of hydrogen-bond acceptors (Lipinski definition) is 0. The van der Waals surface area contributed by atoms with E-state index in [2.05, 4.69) is 95.9 Å². The first kappa shape index (κ1) is 35.3. The van der Waals surface area contributed by atoms with Crippen LogP contribution in [0.3, 0.4) is 0 Å². The molecule has 2 aliphatic rings. The molecule has 2 aliphatic heterocycles. The fourth-order valence-corrected chi connectivity index (χ4v) is 6.03. The van der Waals surface area contributed by atoms with Crippen molar-refractivity contribution in [2.45, 2.75) is 38.5 Å². The third kappa shape index (κ3) is 11.0. The van der Waals surface area contributed by atoms with Gasteiger partial charge in [0.25, 0.3) is 0 Å². The Morgan fingerprint density at radius 1 is 0.364 bits per heavy atom. The number of nitrogens with zero attached hydrogens (tertiary/aromatic N) is 2. The summed E-state index contributed by atoms with van der Waals surface area (Å²) in [5.74, 6) is 27.5. The molecule has 226 valence electrons. The van der Waals surface area contributed by atoms with Crippen LogP contribution < -0.4 is 34.0 Å². The summed E-state index contributed by atoms with van der Waals surface area (Å²) in [6.45, 7) is 8.15. The molecular formula is C40H42Br2N2. The molecule has 0 bridgehead atoms. The first-order valence-corrected chi connectivity index (χ1v) is 15.6. The monoisotopic (exact) mass is 708 g/mol. The van der Waals surface area contributed by atoms with Crippen molar-refractivity contribution in [1.29, 1.82) is 0 Å². The number of halogens is 2. The van der Waals surface area contributed by atoms with Crippen LogP contribution in [0, 0.1) is 47.4 Å². The summed E-state index contributed by atoms with van der Waals surface area (Å²) in [6.07, 6.45) is 7.71. The molecule has 0 spiro atoms. The van der Waals surface area contributed by atoms with Crippen LogP contribution in [0.15, 0.2) is 84.9 Å². The van der Waals surface area contributed by atoms with Crippen LogP contribution in [0.1, 0.15) is 60.8 Å². The van der Waals surface area contributed by atoms with Crippen molar-refractivity contribution in [3.8, 4) is 47.4 Å². The molecule has 0 atom stereocenters. The maximum Gasteiger partial charge on any atom is 0.142 e. The predicted molar refractivity (Wildman–Crippen MR) is 174 cm³/mol. The first-order chi connectivity index (χ1) is 20.7. The number of piperidine rings is 2. The average Bonchev–Trinajstić information content (AvgIpc) is 3.04. The van der Waals surface area contributed by atoms with Gasteiger partial charge in [0.2, 0.25) is 0 Å². The minimum Gasteiger partial charge on any atom is -1.00 e. The maximum atomic E-state index is 3.51. The zero-order valence-corrected chi connectivity index (χ0v) is 28.8. The van der Waals surface area contributed by atoms with Crippen LogP contribution in [0.4, 0.5) is 0 Å². The van der Waals surface area contributed by atoms with Crippen LogP contribution in [0.25, 0.3) is 0 Å². The van der Waals surface area contributed by atoms with E-state index < -0.39 is 0 Å². The molecule has 44 heavy (non-hydrogen) atoms. The lowest BCUT2D eigenvalue weighted by molar-refractivity contribution is -0.919. The minimum atomic E-state index is 0. The number of quaternary nitrogens is 2. The summed E-state index contributed by atoms with van der Waals surface area (Å²) in [4.78, 5) is 0. The molecule has 0 aromatic heterocycles. The highest BCUT2D eigenvalue weighted by Crippen LogP contribution is 2.19. The molecule has 2 heterocycles. The van der Waals surface area contributed by atoms with Crippen molar-refractivity contribution >= 4 is 0 Å². The Balaban J connectivity index is 0.00000264. The predicted octanol–water partition coefficient (Wildman–Crippen LogP) is 0.502. The fourth-order valence-electron chi connectivity index (χ4n) is 6.03. The van der Waals surface area contributed by atoms with Crippen LogP contribution in [-0.4, -0.2) is 61.3 Å². The van der Waals surface area contributed by atoms with E-state index in [9.17, 15) is 0 Å². The summed E-state index contributed by atoms with van der Waals surface area (Å²) in [6, 6.07) is 29.0. The van der Waals surface area contributed by atoms with Crippen molar-refractivity contribution in [1.82, 2.24) is 0 Å². The van der Waals surface area contributed by atoms with Gasteiger partial charge in [-0.2, -0.15) is 0 Å². The first-order valence-electron chi connectivity index (χ1n) is 15.6. The van der Waals surface area contributed by atoms with Gasteiger partial charge in [-0.15, -0.1) is 0 Å². The quantitative estimate of drug-likeness (QED) is 0.274. The van der Waals surface area contributed by atoms with Gasteiger partial charge in [-0.1, -0.05) is 60.1 Å². The Hall–Kier alpha value is -3.22. The zero-order valence-electron chi connectivity index (χ0n) is 25.6. The van der Waals surface area contributed by atoms with Crippen molar-refractivity contribution in [3.63, 3.8) is 0 Å². The highest BCUT2D eigenvalue weighted by atomic mass is 79.9. The molecule has 0 aliphatic carbocycles. The van der Waals surface area contributed by atoms with E-state index in [-0.39, 0.29) is 34.0 Å². The number of likely N-dealkylation sites (tertiary alicyclic amines) is 2. The van der Waals surface area contributed by atoms with Gasteiger partial charge in [0, 0.05) is 22.3 Å². The van der Waals surface area contributed by atoms with Gasteiger partial charge in [-0.05, 0) is 111 Å². The summed E-state index contributed by atoms with van der Waals surface area (Å²) >= 11 is 0. The van der Waals surface area contributed by atoms with Crippen LogP contribution in [0.2, 0.25) is 0 Å². The molecule has 2 fully saturated rings. The highest BCUT2D eigenvalue weighted by molar-refractivity contribution is 5.42. The van der Waals surface area contributed by atoms with E-state index in [1.807, 2.05) is 36.4 Å². The summed E-state index contributed by atoms with van der Waals surface area (Å²) in [7, 11) is 0. The van der Waals surface area contributed by atoms with Crippen LogP contribution >= 0.6 is 0 Å². The number of rotatable bonds is 4. The molecule has 0 N–H and O–H groups in total. The summed E-state index contributed by atoms with van der Waals surface area (Å²) < 4.78 is 1.98. The topological polar surface area (TPSA) is 0 Å². The highest BCUT2D eigenvalue weighted by Gasteiger charge is 2.28. The third-order valence-corrected chi connectivity index (χ3v) is 8.55. The van der Waals surface area contributed by atoms with E-state index in [0.29, 0.717) is 0 Å². The lowest BCUT2D eigenvalue weighted by Crippen LogP contribution is -3.00. The lowest BCUT2D eigenvalue weighted by atomic mass is 10.1. The summed E-state index contributed by atoms with van der Waals surface area (Å²) in [5, 5.41) is 0. The molecule has 0 unspecified atom stereocenters. The van der Waals surface area contributed by atoms with Gasteiger partial charge in [0.05, 0.1) is 26.2 Å². The second kappa shape index (κ2) is 18.6. The van der Waals surface area contributed by atoms with E-state index in [1.54, 1.807) is 0 Å². The Morgan fingerprint density at radius 2 is 0.636 bits per heavy atom. The SMILES string of the molecule is C(#Cc1ccccc1)C[N+]1(CC#Cc2ccc(C#CC[N+]3(CC#Cc4ccccc4)CCCCC3)cc2)CCCCC1.[Br-].[Br-]. The molecule has 0 radical (unpaired) electrons. The second-order valence-electron chi connectivity index (χ2n) is 11.8. The molecular weight excluding hydrogens is 668 g/mol. The van der Waals surface area contributed by atoms with Crippen molar-refractivity contribution in [2.24, 2.45) is 0 Å². The van der Waals surface area contributed by atoms with Gasteiger partial charge in [-0.25, -0.2) is 0 Å². The van der Waals surface area contributed by atoms with Gasteiger partial charge in [0.1, 0.15) is 26.2 Å². The van der Waals surface area contributed by atoms with E-state index >= 15 is 0 Å². The van der Waals surface area contributed by atoms with E-state index in [1.165, 1.54) is 64.7 Å². The third-order valence-electron chi connectivity index (χ3n) is 8.55. The second-order valence-corrected chi connectivity index (χ2v) is 11.8. The molecule has 4 heteroatoms. The maximum absolute atomic E-state index is 3.51. The smallest absolute Gasteiger partial charge is 0.142 e. The summed E-state index contributed by atoms with van der Waals surface area (Å²) in [5.41, 5.74) is 4.29. The van der Waals surface area contributed by atoms with Crippen molar-refractivity contribution in [3.05, 3.63) is 107 Å². The molecule has 0 amide bonds. The number of benzene rings is 3.